The smallest absolute Gasteiger partial charge is 0.319 e. The van der Waals surface area contributed by atoms with E-state index in [9.17, 15) is 14.4 Å². The number of benzene rings is 1. The molecule has 10 nitrogen and oxygen atoms in total. The minimum Gasteiger partial charge on any atom is -0.497 e. The summed E-state index contributed by atoms with van der Waals surface area (Å²) in [6, 6.07) is 4.07. The summed E-state index contributed by atoms with van der Waals surface area (Å²) in [5, 5.41) is 5.59. The van der Waals surface area contributed by atoms with Crippen LogP contribution in [0.2, 0.25) is 0 Å². The summed E-state index contributed by atoms with van der Waals surface area (Å²) in [5.41, 5.74) is 0.466. The average Bonchev–Trinajstić information content (AvgIpc) is 2.97. The zero-order valence-corrected chi connectivity index (χ0v) is 23.7. The van der Waals surface area contributed by atoms with E-state index in [4.69, 9.17) is 9.47 Å². The van der Waals surface area contributed by atoms with E-state index >= 15 is 0 Å². The van der Waals surface area contributed by atoms with Gasteiger partial charge in [-0.25, -0.2) is 4.79 Å². The summed E-state index contributed by atoms with van der Waals surface area (Å²) in [6.07, 6.45) is 7.51. The van der Waals surface area contributed by atoms with Gasteiger partial charge in [-0.3, -0.25) is 9.59 Å². The van der Waals surface area contributed by atoms with Gasteiger partial charge < -0.3 is 34.8 Å². The van der Waals surface area contributed by atoms with Gasteiger partial charge in [0.1, 0.15) is 17.5 Å². The summed E-state index contributed by atoms with van der Waals surface area (Å²) in [7, 11) is 3.07. The predicted molar refractivity (Wildman–Crippen MR) is 150 cm³/mol. The first-order chi connectivity index (χ1) is 18.9. The van der Waals surface area contributed by atoms with Gasteiger partial charge in [-0.15, -0.1) is 0 Å². The van der Waals surface area contributed by atoms with Crippen molar-refractivity contribution in [3.63, 3.8) is 0 Å². The van der Waals surface area contributed by atoms with E-state index in [-0.39, 0.29) is 18.2 Å². The summed E-state index contributed by atoms with van der Waals surface area (Å²) >= 11 is 0. The van der Waals surface area contributed by atoms with Crippen LogP contribution in [0.15, 0.2) is 18.2 Å². The molecule has 4 rings (SSSR count). The van der Waals surface area contributed by atoms with Gasteiger partial charge >= 0.3 is 6.03 Å². The van der Waals surface area contributed by atoms with Crippen molar-refractivity contribution in [1.29, 1.82) is 0 Å². The Morgan fingerprint density at radius 1 is 0.846 bits per heavy atom. The number of anilines is 1. The molecule has 4 amide bonds. The summed E-state index contributed by atoms with van der Waals surface area (Å²) < 4.78 is 10.6. The summed E-state index contributed by atoms with van der Waals surface area (Å²) in [5.74, 6) is 1.37. The largest absolute Gasteiger partial charge is 0.497 e. The van der Waals surface area contributed by atoms with Gasteiger partial charge in [0.15, 0.2) is 0 Å². The van der Waals surface area contributed by atoms with Crippen LogP contribution in [-0.4, -0.2) is 98.1 Å². The van der Waals surface area contributed by atoms with Gasteiger partial charge in [0.2, 0.25) is 11.8 Å². The zero-order chi connectivity index (χ0) is 27.8. The molecule has 0 bridgehead atoms. The van der Waals surface area contributed by atoms with Crippen LogP contribution >= 0.6 is 0 Å². The first kappa shape index (κ1) is 29.0. The molecule has 0 spiro atoms. The number of hydrogen-bond acceptors (Lipinski definition) is 6. The van der Waals surface area contributed by atoms with E-state index in [0.29, 0.717) is 55.3 Å². The zero-order valence-electron chi connectivity index (χ0n) is 23.7. The molecule has 0 aromatic heterocycles. The molecule has 216 valence electrons. The number of nitrogens with one attached hydrogen (secondary N) is 2. The van der Waals surface area contributed by atoms with E-state index in [1.54, 1.807) is 18.2 Å². The lowest BCUT2D eigenvalue weighted by Gasteiger charge is -2.41. The van der Waals surface area contributed by atoms with Crippen LogP contribution in [-0.2, 0) is 9.59 Å². The second-order valence-corrected chi connectivity index (χ2v) is 11.2. The van der Waals surface area contributed by atoms with Gasteiger partial charge in [-0.1, -0.05) is 13.3 Å². The fourth-order valence-corrected chi connectivity index (χ4v) is 5.92. The molecular weight excluding hydrogens is 498 g/mol. The highest BCUT2D eigenvalue weighted by Gasteiger charge is 2.34. The van der Waals surface area contributed by atoms with Crippen molar-refractivity contribution in [3.8, 4) is 11.5 Å². The number of rotatable bonds is 8. The maximum absolute atomic E-state index is 13.7. The molecule has 1 aromatic rings. The molecule has 3 fully saturated rings. The number of amides is 4. The van der Waals surface area contributed by atoms with Gasteiger partial charge in [0.05, 0.1) is 20.6 Å². The molecule has 3 heterocycles. The van der Waals surface area contributed by atoms with Gasteiger partial charge in [0.25, 0.3) is 0 Å². The van der Waals surface area contributed by atoms with Gasteiger partial charge in [-0.2, -0.15) is 0 Å². The van der Waals surface area contributed by atoms with Crippen LogP contribution in [0, 0.1) is 5.92 Å². The molecule has 0 radical (unpaired) electrons. The molecule has 10 heteroatoms. The van der Waals surface area contributed by atoms with Crippen molar-refractivity contribution < 1.29 is 23.9 Å². The van der Waals surface area contributed by atoms with Crippen molar-refractivity contribution in [3.05, 3.63) is 18.2 Å². The first-order valence-electron chi connectivity index (χ1n) is 14.5. The Labute approximate surface area is 232 Å². The lowest BCUT2D eigenvalue weighted by Crippen LogP contribution is -2.55. The number of urea groups is 1. The third-order valence-electron chi connectivity index (χ3n) is 8.41. The average molecular weight is 544 g/mol. The highest BCUT2D eigenvalue weighted by atomic mass is 16.5. The Morgan fingerprint density at radius 2 is 1.44 bits per heavy atom. The molecule has 3 saturated heterocycles. The Bertz CT molecular complexity index is 960. The topological polar surface area (TPSA) is 103 Å². The van der Waals surface area contributed by atoms with Gasteiger partial charge in [0, 0.05) is 56.1 Å². The normalized spacial score (nSPS) is 20.3. The molecule has 1 atom stereocenters. The van der Waals surface area contributed by atoms with Crippen molar-refractivity contribution in [2.75, 3.05) is 58.8 Å². The maximum Gasteiger partial charge on any atom is 0.319 e. The van der Waals surface area contributed by atoms with Crippen molar-refractivity contribution in [1.82, 2.24) is 20.0 Å². The number of piperidine rings is 3. The van der Waals surface area contributed by atoms with Gasteiger partial charge in [-0.05, 0) is 57.5 Å². The van der Waals surface area contributed by atoms with Crippen LogP contribution < -0.4 is 20.1 Å². The quantitative estimate of drug-likeness (QED) is 0.522. The van der Waals surface area contributed by atoms with Crippen LogP contribution in [0.5, 0.6) is 11.5 Å². The number of hydrogen-bond donors (Lipinski definition) is 2. The van der Waals surface area contributed by atoms with E-state index < -0.39 is 12.1 Å². The Balaban J connectivity index is 1.41. The third-order valence-corrected chi connectivity index (χ3v) is 8.41. The number of likely N-dealkylation sites (tertiary alicyclic amines) is 3. The number of methoxy groups -OCH3 is 2. The number of carbonyl (C=O) groups is 3. The summed E-state index contributed by atoms with van der Waals surface area (Å²) in [4.78, 5) is 46.2. The highest BCUT2D eigenvalue weighted by Crippen LogP contribution is 2.26. The molecule has 39 heavy (non-hydrogen) atoms. The number of carbonyl (C=O) groups excluding carboxylic acids is 3. The molecule has 3 aliphatic heterocycles. The highest BCUT2D eigenvalue weighted by molar-refractivity contribution is 5.96. The number of ether oxygens (including phenoxy) is 2. The standard InChI is InChI=1S/C29H45N5O5/c1-21-7-13-33(14-8-21)27(35)20-26(31-29(37)30-22-17-24(38-2)19-25(18-22)39-3)28(36)34-15-9-23(10-16-34)32-11-5-4-6-12-32/h17-19,21,23,26H,4-16,20H2,1-3H3,(H2,30,31,37). The van der Waals surface area contributed by atoms with E-state index in [0.717, 1.165) is 38.8 Å². The molecule has 3 aliphatic rings. The van der Waals surface area contributed by atoms with Crippen molar-refractivity contribution in [2.45, 2.75) is 70.4 Å². The van der Waals surface area contributed by atoms with Crippen LogP contribution in [0.1, 0.15) is 58.3 Å². The maximum atomic E-state index is 13.7. The minimum atomic E-state index is -0.934. The SMILES string of the molecule is COc1cc(NC(=O)NC(CC(=O)N2CCC(C)CC2)C(=O)N2CCC(N3CCCCC3)CC2)cc(OC)c1. The predicted octanol–water partition coefficient (Wildman–Crippen LogP) is 3.32. The van der Waals surface area contributed by atoms with Crippen molar-refractivity contribution >= 4 is 23.5 Å². The summed E-state index contributed by atoms with van der Waals surface area (Å²) in [6.45, 7) is 7.14. The Hall–Kier alpha value is -3.01. The molecular formula is C29H45N5O5. The molecule has 0 saturated carbocycles. The first-order valence-corrected chi connectivity index (χ1v) is 14.5. The lowest BCUT2D eigenvalue weighted by molar-refractivity contribution is -0.140. The second kappa shape index (κ2) is 13.9. The fourth-order valence-electron chi connectivity index (χ4n) is 5.92. The molecule has 1 aromatic carbocycles. The lowest BCUT2D eigenvalue weighted by atomic mass is 9.98. The van der Waals surface area contributed by atoms with Crippen molar-refractivity contribution in [2.24, 2.45) is 5.92 Å². The van der Waals surface area contributed by atoms with Crippen LogP contribution in [0.3, 0.4) is 0 Å². The van der Waals surface area contributed by atoms with Crippen LogP contribution in [0.4, 0.5) is 10.5 Å². The fraction of sp³-hybridized carbons (Fsp3) is 0.690. The Kier molecular flexibility index (Phi) is 10.3. The number of nitrogens with zero attached hydrogens (tertiary/aromatic N) is 3. The molecule has 2 N–H and O–H groups in total. The third kappa shape index (κ3) is 8.00. The van der Waals surface area contributed by atoms with Crippen LogP contribution in [0.25, 0.3) is 0 Å². The Morgan fingerprint density at radius 3 is 2.03 bits per heavy atom. The molecule has 0 aliphatic carbocycles. The van der Waals surface area contributed by atoms with E-state index in [2.05, 4.69) is 22.5 Å². The monoisotopic (exact) mass is 543 g/mol. The molecule has 1 unspecified atom stereocenters. The van der Waals surface area contributed by atoms with E-state index in [1.807, 2.05) is 9.80 Å². The van der Waals surface area contributed by atoms with E-state index in [1.165, 1.54) is 33.5 Å². The minimum absolute atomic E-state index is 0.0475. The second-order valence-electron chi connectivity index (χ2n) is 11.2.